The third-order valence-corrected chi connectivity index (χ3v) is 4.70. The third-order valence-electron chi connectivity index (χ3n) is 4.70. The lowest BCUT2D eigenvalue weighted by molar-refractivity contribution is -0.166. The van der Waals surface area contributed by atoms with Crippen LogP contribution in [0.15, 0.2) is 0 Å². The minimum Gasteiger partial charge on any atom is -0.392 e. The molecule has 72 valence electrons. The number of aliphatic hydroxyl groups is 1. The molecule has 0 bridgehead atoms. The van der Waals surface area contributed by atoms with Crippen LogP contribution < -0.4 is 0 Å². The summed E-state index contributed by atoms with van der Waals surface area (Å²) in [5, 5.41) is 9.95. The SMILES string of the molecule is O=C1CCCC2CC3CCC(O)C123. The molecule has 2 nitrogen and oxygen atoms in total. The van der Waals surface area contributed by atoms with Gasteiger partial charge in [0.2, 0.25) is 0 Å². The first-order valence-corrected chi connectivity index (χ1v) is 5.47. The molecule has 2 heteroatoms. The van der Waals surface area contributed by atoms with Gasteiger partial charge in [-0.15, -0.1) is 0 Å². The van der Waals surface area contributed by atoms with Crippen LogP contribution in [0.25, 0.3) is 0 Å². The summed E-state index contributed by atoms with van der Waals surface area (Å²) < 4.78 is 0. The van der Waals surface area contributed by atoms with Crippen LogP contribution in [0.3, 0.4) is 0 Å². The smallest absolute Gasteiger partial charge is 0.142 e. The van der Waals surface area contributed by atoms with E-state index in [2.05, 4.69) is 0 Å². The van der Waals surface area contributed by atoms with Crippen molar-refractivity contribution in [3.63, 3.8) is 0 Å². The zero-order valence-electron chi connectivity index (χ0n) is 7.83. The van der Waals surface area contributed by atoms with Gasteiger partial charge in [0.25, 0.3) is 0 Å². The molecule has 0 amide bonds. The zero-order chi connectivity index (χ0) is 9.05. The van der Waals surface area contributed by atoms with Gasteiger partial charge in [-0.25, -0.2) is 0 Å². The minimum atomic E-state index is -0.302. The van der Waals surface area contributed by atoms with Crippen LogP contribution >= 0.6 is 0 Å². The lowest BCUT2D eigenvalue weighted by atomic mass is 9.48. The maximum Gasteiger partial charge on any atom is 0.142 e. The van der Waals surface area contributed by atoms with Crippen molar-refractivity contribution >= 4 is 5.78 Å². The second-order valence-electron chi connectivity index (χ2n) is 4.97. The molecule has 3 aliphatic carbocycles. The van der Waals surface area contributed by atoms with E-state index in [1.165, 1.54) is 12.8 Å². The summed E-state index contributed by atoms with van der Waals surface area (Å²) in [6, 6.07) is 0. The molecule has 1 N–H and O–H groups in total. The van der Waals surface area contributed by atoms with Gasteiger partial charge in [0.1, 0.15) is 5.78 Å². The Bertz CT molecular complexity index is 253. The Morgan fingerprint density at radius 3 is 2.69 bits per heavy atom. The predicted molar refractivity (Wildman–Crippen MR) is 48.1 cm³/mol. The molecule has 0 aromatic carbocycles. The highest BCUT2D eigenvalue weighted by Crippen LogP contribution is 2.65. The van der Waals surface area contributed by atoms with Gasteiger partial charge in [-0.1, -0.05) is 0 Å². The number of carbonyl (C=O) groups excluding carboxylic acids is 1. The molecule has 3 rings (SSSR count). The standard InChI is InChI=1S/C11H16O2/c12-9-3-1-2-7-6-8-4-5-10(13)11(7,8)9/h7-8,10,13H,1-6H2. The van der Waals surface area contributed by atoms with E-state index >= 15 is 0 Å². The Morgan fingerprint density at radius 2 is 2.00 bits per heavy atom. The Balaban J connectivity index is 2.00. The molecule has 13 heavy (non-hydrogen) atoms. The summed E-state index contributed by atoms with van der Waals surface area (Å²) in [5.41, 5.74) is -0.238. The van der Waals surface area contributed by atoms with Crippen molar-refractivity contribution < 1.29 is 9.90 Å². The van der Waals surface area contributed by atoms with Crippen LogP contribution in [0.4, 0.5) is 0 Å². The Hall–Kier alpha value is -0.370. The van der Waals surface area contributed by atoms with Crippen LogP contribution in [0.1, 0.15) is 38.5 Å². The highest BCUT2D eigenvalue weighted by atomic mass is 16.3. The van der Waals surface area contributed by atoms with Gasteiger partial charge in [0, 0.05) is 6.42 Å². The largest absolute Gasteiger partial charge is 0.392 e. The molecular formula is C11H16O2. The summed E-state index contributed by atoms with van der Waals surface area (Å²) in [7, 11) is 0. The van der Waals surface area contributed by atoms with Crippen LogP contribution in [-0.4, -0.2) is 17.0 Å². The Kier molecular flexibility index (Phi) is 1.44. The number of Topliss-reactive ketones (excluding diaryl/α,β-unsaturated/α-hetero) is 1. The van der Waals surface area contributed by atoms with E-state index in [0.29, 0.717) is 17.6 Å². The first kappa shape index (κ1) is 7.98. The predicted octanol–water partition coefficient (Wildman–Crippen LogP) is 1.52. The number of carbonyl (C=O) groups is 1. The minimum absolute atomic E-state index is 0.238. The molecule has 4 atom stereocenters. The average molecular weight is 180 g/mol. The van der Waals surface area contributed by atoms with Gasteiger partial charge in [0.05, 0.1) is 11.5 Å². The normalized spacial score (nSPS) is 53.9. The van der Waals surface area contributed by atoms with Crippen LogP contribution in [0, 0.1) is 17.3 Å². The zero-order valence-corrected chi connectivity index (χ0v) is 7.83. The molecule has 1 spiro atoms. The van der Waals surface area contributed by atoms with E-state index in [4.69, 9.17) is 0 Å². The molecule has 0 saturated heterocycles. The third kappa shape index (κ3) is 0.723. The molecule has 0 aliphatic heterocycles. The fourth-order valence-corrected chi connectivity index (χ4v) is 4.13. The number of rotatable bonds is 0. The second-order valence-corrected chi connectivity index (χ2v) is 4.97. The summed E-state index contributed by atoms with van der Waals surface area (Å²) in [6.07, 6.45) is 5.83. The number of hydrogen-bond donors (Lipinski definition) is 1. The van der Waals surface area contributed by atoms with E-state index in [9.17, 15) is 9.90 Å². The molecule has 4 unspecified atom stereocenters. The Morgan fingerprint density at radius 1 is 1.23 bits per heavy atom. The fraction of sp³-hybridized carbons (Fsp3) is 0.909. The van der Waals surface area contributed by atoms with Crippen molar-refractivity contribution in [1.29, 1.82) is 0 Å². The van der Waals surface area contributed by atoms with E-state index in [0.717, 1.165) is 25.7 Å². The van der Waals surface area contributed by atoms with Gasteiger partial charge in [-0.2, -0.15) is 0 Å². The summed E-state index contributed by atoms with van der Waals surface area (Å²) in [4.78, 5) is 11.9. The topological polar surface area (TPSA) is 37.3 Å². The van der Waals surface area contributed by atoms with Crippen LogP contribution in [-0.2, 0) is 4.79 Å². The van der Waals surface area contributed by atoms with Gasteiger partial charge < -0.3 is 5.11 Å². The lowest BCUT2D eigenvalue weighted by Gasteiger charge is -2.55. The first-order valence-electron chi connectivity index (χ1n) is 5.47. The average Bonchev–Trinajstić information content (AvgIpc) is 2.28. The van der Waals surface area contributed by atoms with Gasteiger partial charge >= 0.3 is 0 Å². The molecule has 0 heterocycles. The van der Waals surface area contributed by atoms with Gasteiger partial charge in [0.15, 0.2) is 0 Å². The maximum absolute atomic E-state index is 11.9. The lowest BCUT2D eigenvalue weighted by Crippen LogP contribution is -2.58. The second kappa shape index (κ2) is 2.35. The highest BCUT2D eigenvalue weighted by molar-refractivity contribution is 5.88. The van der Waals surface area contributed by atoms with E-state index < -0.39 is 0 Å². The van der Waals surface area contributed by atoms with Gasteiger partial charge in [-0.3, -0.25) is 4.79 Å². The van der Waals surface area contributed by atoms with Crippen molar-refractivity contribution in [2.45, 2.75) is 44.6 Å². The molecule has 3 aliphatic rings. The monoisotopic (exact) mass is 180 g/mol. The number of aliphatic hydroxyl groups excluding tert-OH is 1. The van der Waals surface area contributed by atoms with Crippen molar-refractivity contribution in [3.8, 4) is 0 Å². The molecule has 0 aromatic heterocycles. The number of ketones is 1. The highest BCUT2D eigenvalue weighted by Gasteiger charge is 2.66. The summed E-state index contributed by atoms with van der Waals surface area (Å²) in [6.45, 7) is 0. The van der Waals surface area contributed by atoms with E-state index in [1.54, 1.807) is 0 Å². The molecule has 0 radical (unpaired) electrons. The molecular weight excluding hydrogens is 164 g/mol. The Labute approximate surface area is 78.3 Å². The van der Waals surface area contributed by atoms with E-state index in [1.807, 2.05) is 0 Å². The van der Waals surface area contributed by atoms with E-state index in [-0.39, 0.29) is 11.5 Å². The van der Waals surface area contributed by atoms with Crippen molar-refractivity contribution in [2.24, 2.45) is 17.3 Å². The fourth-order valence-electron chi connectivity index (χ4n) is 4.13. The van der Waals surface area contributed by atoms with Crippen molar-refractivity contribution in [1.82, 2.24) is 0 Å². The summed E-state index contributed by atoms with van der Waals surface area (Å²) in [5.74, 6) is 1.46. The maximum atomic E-state index is 11.9. The van der Waals surface area contributed by atoms with Crippen LogP contribution in [0.5, 0.6) is 0 Å². The quantitative estimate of drug-likeness (QED) is 0.613. The van der Waals surface area contributed by atoms with Crippen molar-refractivity contribution in [3.05, 3.63) is 0 Å². The molecule has 0 aromatic rings. The van der Waals surface area contributed by atoms with Gasteiger partial charge in [-0.05, 0) is 43.9 Å². The first-order chi connectivity index (χ1) is 6.26. The summed E-state index contributed by atoms with van der Waals surface area (Å²) >= 11 is 0. The number of hydrogen-bond acceptors (Lipinski definition) is 2. The molecule has 3 fully saturated rings. The van der Waals surface area contributed by atoms with Crippen LogP contribution in [0.2, 0.25) is 0 Å². The molecule has 3 saturated carbocycles. The van der Waals surface area contributed by atoms with Crippen molar-refractivity contribution in [2.75, 3.05) is 0 Å².